The van der Waals surface area contributed by atoms with Gasteiger partial charge in [0.2, 0.25) is 0 Å². The quantitative estimate of drug-likeness (QED) is 0.177. The fourth-order valence-electron chi connectivity index (χ4n) is 4.93. The molecule has 1 unspecified atom stereocenters. The molecule has 1 aromatic heterocycles. The number of para-hydroxylation sites is 1. The zero-order valence-electron chi connectivity index (χ0n) is 21.8. The average Bonchev–Trinajstić information content (AvgIpc) is 3.39. The Hall–Kier alpha value is -4.52. The zero-order chi connectivity index (χ0) is 27.0. The number of Topliss-reactive ketones (excluding diaryl/α,β-unsaturated/α-hetero) is 1. The molecule has 0 spiro atoms. The number of ether oxygens (including phenoxy) is 2. The molecule has 3 aromatic carbocycles. The summed E-state index contributed by atoms with van der Waals surface area (Å²) in [5.41, 5.74) is 3.33. The lowest BCUT2D eigenvalue weighted by Crippen LogP contribution is -2.29. The van der Waals surface area contributed by atoms with Gasteiger partial charge in [0.1, 0.15) is 17.3 Å². The Balaban J connectivity index is 1.73. The van der Waals surface area contributed by atoms with Gasteiger partial charge in [-0.1, -0.05) is 50.2 Å². The Kier molecular flexibility index (Phi) is 6.68. The second kappa shape index (κ2) is 10.1. The first-order valence-electron chi connectivity index (χ1n) is 12.6. The number of hydrogen-bond donors (Lipinski definition) is 2. The maximum absolute atomic E-state index is 13.6. The van der Waals surface area contributed by atoms with E-state index in [1.54, 1.807) is 55.6 Å². The van der Waals surface area contributed by atoms with Gasteiger partial charge in [-0.15, -0.1) is 0 Å². The molecule has 7 heteroatoms. The number of nitrogens with zero attached hydrogens (tertiary/aromatic N) is 1. The number of aliphatic hydroxyl groups excluding tert-OH is 1. The van der Waals surface area contributed by atoms with Crippen LogP contribution >= 0.6 is 0 Å². The largest absolute Gasteiger partial charge is 0.507 e. The van der Waals surface area contributed by atoms with E-state index in [1.807, 2.05) is 45.0 Å². The molecular formula is C31H30N2O5. The number of nitrogens with one attached hydrogen (secondary N) is 1. The third-order valence-corrected chi connectivity index (χ3v) is 6.68. The Morgan fingerprint density at radius 1 is 1.00 bits per heavy atom. The van der Waals surface area contributed by atoms with Crippen molar-refractivity contribution in [3.8, 4) is 11.5 Å². The van der Waals surface area contributed by atoms with E-state index in [2.05, 4.69) is 4.98 Å². The number of aromatic nitrogens is 1. The molecule has 0 bridgehead atoms. The van der Waals surface area contributed by atoms with Gasteiger partial charge in [0, 0.05) is 39.5 Å². The van der Waals surface area contributed by atoms with Crippen molar-refractivity contribution in [3.63, 3.8) is 0 Å². The highest BCUT2D eigenvalue weighted by atomic mass is 16.5. The molecule has 1 amide bonds. The first-order valence-corrected chi connectivity index (χ1v) is 12.6. The number of hydrogen-bond acceptors (Lipinski definition) is 5. The average molecular weight is 511 g/mol. The van der Waals surface area contributed by atoms with Gasteiger partial charge in [0.05, 0.1) is 25.3 Å². The molecule has 0 radical (unpaired) electrons. The summed E-state index contributed by atoms with van der Waals surface area (Å²) >= 11 is 0. The molecule has 4 aromatic rings. The predicted molar refractivity (Wildman–Crippen MR) is 148 cm³/mol. The number of benzene rings is 3. The van der Waals surface area contributed by atoms with E-state index in [1.165, 1.54) is 4.90 Å². The maximum atomic E-state index is 13.6. The van der Waals surface area contributed by atoms with Gasteiger partial charge in [-0.2, -0.15) is 0 Å². The Labute approximate surface area is 221 Å². The van der Waals surface area contributed by atoms with Crippen LogP contribution in [0.4, 0.5) is 5.69 Å². The molecule has 1 aliphatic rings. The standard InChI is InChI=1S/C31H30N2O5/c1-18(2)17-38-23-12-7-9-20(15-23)29(34)27-28(26-19(3)32-25-14-6-5-13-24(25)26)33(31(36)30(27)35)21-10-8-11-22(16-21)37-4/h5-16,18,28,32,34H,17H2,1-4H3/b29-27+. The van der Waals surface area contributed by atoms with E-state index < -0.39 is 17.7 Å². The van der Waals surface area contributed by atoms with Gasteiger partial charge < -0.3 is 19.6 Å². The molecule has 1 saturated heterocycles. The van der Waals surface area contributed by atoms with Crippen molar-refractivity contribution < 1.29 is 24.2 Å². The fraction of sp³-hybridized carbons (Fsp3) is 0.226. The van der Waals surface area contributed by atoms with Gasteiger partial charge in [-0.05, 0) is 43.2 Å². The minimum atomic E-state index is -0.863. The third kappa shape index (κ3) is 4.41. The maximum Gasteiger partial charge on any atom is 0.300 e. The summed E-state index contributed by atoms with van der Waals surface area (Å²) in [6, 6.07) is 20.8. The monoisotopic (exact) mass is 510 g/mol. The Morgan fingerprint density at radius 3 is 2.50 bits per heavy atom. The smallest absolute Gasteiger partial charge is 0.300 e. The predicted octanol–water partition coefficient (Wildman–Crippen LogP) is 6.15. The SMILES string of the molecule is COc1cccc(N2C(=O)C(=O)/C(=C(/O)c3cccc(OCC(C)C)c3)C2c2c(C)[nH]c3ccccc23)c1. The number of methoxy groups -OCH3 is 1. The van der Waals surface area contributed by atoms with Gasteiger partial charge in [0.25, 0.3) is 11.7 Å². The van der Waals surface area contributed by atoms with E-state index in [0.717, 1.165) is 22.2 Å². The summed E-state index contributed by atoms with van der Waals surface area (Å²) < 4.78 is 11.2. The summed E-state index contributed by atoms with van der Waals surface area (Å²) in [6.07, 6.45) is 0. The minimum absolute atomic E-state index is 0.0201. The normalized spacial score (nSPS) is 17.0. The number of fused-ring (bicyclic) bond motifs is 1. The van der Waals surface area contributed by atoms with Crippen LogP contribution in [0.3, 0.4) is 0 Å². The van der Waals surface area contributed by atoms with Crippen LogP contribution in [0.5, 0.6) is 11.5 Å². The lowest BCUT2D eigenvalue weighted by molar-refractivity contribution is -0.132. The number of aliphatic hydroxyl groups is 1. The molecular weight excluding hydrogens is 480 g/mol. The third-order valence-electron chi connectivity index (χ3n) is 6.68. The number of amides is 1. The van der Waals surface area contributed by atoms with Gasteiger partial charge in [-0.3, -0.25) is 14.5 Å². The van der Waals surface area contributed by atoms with Crippen molar-refractivity contribution in [1.82, 2.24) is 4.98 Å². The first kappa shape index (κ1) is 25.1. The second-order valence-electron chi connectivity index (χ2n) is 9.81. The van der Waals surface area contributed by atoms with E-state index in [9.17, 15) is 14.7 Å². The van der Waals surface area contributed by atoms with Gasteiger partial charge in [0.15, 0.2) is 0 Å². The first-order chi connectivity index (χ1) is 18.3. The molecule has 1 fully saturated rings. The van der Waals surface area contributed by atoms with Crippen LogP contribution in [0.15, 0.2) is 78.4 Å². The van der Waals surface area contributed by atoms with Crippen molar-refractivity contribution >= 4 is 34.0 Å². The Bertz CT molecular complexity index is 1570. The summed E-state index contributed by atoms with van der Waals surface area (Å²) in [5, 5.41) is 12.5. The number of rotatable bonds is 7. The highest BCUT2D eigenvalue weighted by Gasteiger charge is 2.48. The van der Waals surface area contributed by atoms with Crippen LogP contribution in [0.25, 0.3) is 16.7 Å². The van der Waals surface area contributed by atoms with E-state index >= 15 is 0 Å². The zero-order valence-corrected chi connectivity index (χ0v) is 21.8. The van der Waals surface area contributed by atoms with Crippen molar-refractivity contribution in [3.05, 3.63) is 95.2 Å². The minimum Gasteiger partial charge on any atom is -0.507 e. The van der Waals surface area contributed by atoms with Gasteiger partial charge >= 0.3 is 0 Å². The summed E-state index contributed by atoms with van der Waals surface area (Å²) in [7, 11) is 1.54. The molecule has 1 aliphatic heterocycles. The Morgan fingerprint density at radius 2 is 1.74 bits per heavy atom. The van der Waals surface area contributed by atoms with Crippen LogP contribution in [-0.2, 0) is 9.59 Å². The molecule has 38 heavy (non-hydrogen) atoms. The van der Waals surface area contributed by atoms with Crippen molar-refractivity contribution in [2.75, 3.05) is 18.6 Å². The number of aryl methyl sites for hydroxylation is 1. The fourth-order valence-corrected chi connectivity index (χ4v) is 4.93. The van der Waals surface area contributed by atoms with Crippen LogP contribution in [0, 0.1) is 12.8 Å². The lowest BCUT2D eigenvalue weighted by atomic mass is 9.93. The molecule has 0 saturated carbocycles. The van der Waals surface area contributed by atoms with Crippen molar-refractivity contribution in [1.29, 1.82) is 0 Å². The van der Waals surface area contributed by atoms with Crippen molar-refractivity contribution in [2.24, 2.45) is 5.92 Å². The number of H-pyrrole nitrogens is 1. The summed E-state index contributed by atoms with van der Waals surface area (Å²) in [5.74, 6) is -0.280. The summed E-state index contributed by atoms with van der Waals surface area (Å²) in [4.78, 5) is 32.0. The molecule has 194 valence electrons. The molecule has 7 nitrogen and oxygen atoms in total. The topological polar surface area (TPSA) is 91.9 Å². The molecule has 5 rings (SSSR count). The second-order valence-corrected chi connectivity index (χ2v) is 9.81. The summed E-state index contributed by atoms with van der Waals surface area (Å²) in [6.45, 7) is 6.52. The van der Waals surface area contributed by atoms with E-state index in [0.29, 0.717) is 35.3 Å². The molecule has 0 aliphatic carbocycles. The number of anilines is 1. The number of ketones is 1. The van der Waals surface area contributed by atoms with Crippen LogP contribution in [-0.4, -0.2) is 35.5 Å². The van der Waals surface area contributed by atoms with Crippen LogP contribution < -0.4 is 14.4 Å². The highest BCUT2D eigenvalue weighted by molar-refractivity contribution is 6.52. The van der Waals surface area contributed by atoms with E-state index in [4.69, 9.17) is 9.47 Å². The lowest BCUT2D eigenvalue weighted by Gasteiger charge is -2.26. The van der Waals surface area contributed by atoms with Crippen LogP contribution in [0.2, 0.25) is 0 Å². The van der Waals surface area contributed by atoms with Crippen molar-refractivity contribution in [2.45, 2.75) is 26.8 Å². The number of carbonyl (C=O) groups excluding carboxylic acids is 2. The number of carbonyl (C=O) groups is 2. The molecule has 2 heterocycles. The molecule has 1 atom stereocenters. The highest BCUT2D eigenvalue weighted by Crippen LogP contribution is 2.46. The molecule has 2 N–H and O–H groups in total. The van der Waals surface area contributed by atoms with Crippen LogP contribution in [0.1, 0.15) is 36.7 Å². The van der Waals surface area contributed by atoms with E-state index in [-0.39, 0.29) is 11.3 Å². The van der Waals surface area contributed by atoms with Gasteiger partial charge in [-0.25, -0.2) is 0 Å². The number of aromatic amines is 1.